The summed E-state index contributed by atoms with van der Waals surface area (Å²) in [6.07, 6.45) is 0. The summed E-state index contributed by atoms with van der Waals surface area (Å²) in [5.74, 6) is 0. The van der Waals surface area contributed by atoms with E-state index < -0.39 is 5.66 Å². The molecule has 0 amide bonds. The highest BCUT2D eigenvalue weighted by molar-refractivity contribution is 6.10. The SMILES string of the molecule is c1ccc(C2(c3ccccc3)N(c3cccc(-n4c5ccccc5c5ccccc54)c3)c3ccccc3N2c2cccc(-n3c4ccccc4c4ccccc43)c2)cc1. The Morgan fingerprint density at radius 3 is 0.932 bits per heavy atom. The molecular formula is C55H38N4. The van der Waals surface area contributed by atoms with Crippen LogP contribution in [0.2, 0.25) is 0 Å². The van der Waals surface area contributed by atoms with E-state index in [1.54, 1.807) is 0 Å². The van der Waals surface area contributed by atoms with E-state index >= 15 is 0 Å². The molecule has 0 fully saturated rings. The molecule has 0 saturated carbocycles. The lowest BCUT2D eigenvalue weighted by Gasteiger charge is -2.47. The number of rotatable bonds is 6. The molecule has 2 aromatic heterocycles. The van der Waals surface area contributed by atoms with Gasteiger partial charge in [-0.15, -0.1) is 0 Å². The molecule has 1 aliphatic rings. The van der Waals surface area contributed by atoms with Crippen LogP contribution in [0.25, 0.3) is 55.0 Å². The van der Waals surface area contributed by atoms with E-state index in [-0.39, 0.29) is 0 Å². The lowest BCUT2D eigenvalue weighted by atomic mass is 9.87. The van der Waals surface area contributed by atoms with Crippen molar-refractivity contribution < 1.29 is 0 Å². The molecule has 11 aromatic rings. The monoisotopic (exact) mass is 754 g/mol. The summed E-state index contributed by atoms with van der Waals surface area (Å²) in [6, 6.07) is 84.1. The summed E-state index contributed by atoms with van der Waals surface area (Å²) in [7, 11) is 0. The molecule has 4 heteroatoms. The molecule has 0 unspecified atom stereocenters. The second kappa shape index (κ2) is 13.1. The molecular weight excluding hydrogens is 717 g/mol. The van der Waals surface area contributed by atoms with Gasteiger partial charge in [0.2, 0.25) is 0 Å². The highest BCUT2D eigenvalue weighted by atomic mass is 15.5. The van der Waals surface area contributed by atoms with Crippen molar-refractivity contribution in [2.24, 2.45) is 0 Å². The predicted octanol–water partition coefficient (Wildman–Crippen LogP) is 14.1. The third-order valence-corrected chi connectivity index (χ3v) is 12.2. The first-order valence-electron chi connectivity index (χ1n) is 20.3. The molecule has 0 N–H and O–H groups in total. The van der Waals surface area contributed by atoms with Gasteiger partial charge in [0.15, 0.2) is 5.66 Å². The summed E-state index contributed by atoms with van der Waals surface area (Å²) >= 11 is 0. The van der Waals surface area contributed by atoms with Crippen LogP contribution in [0.15, 0.2) is 231 Å². The maximum Gasteiger partial charge on any atom is 0.175 e. The van der Waals surface area contributed by atoms with Crippen LogP contribution in [0.3, 0.4) is 0 Å². The number of para-hydroxylation sites is 6. The molecule has 3 heterocycles. The van der Waals surface area contributed by atoms with Crippen LogP contribution in [0.5, 0.6) is 0 Å². The predicted molar refractivity (Wildman–Crippen MR) is 246 cm³/mol. The number of aromatic nitrogens is 2. The second-order valence-corrected chi connectivity index (χ2v) is 15.3. The van der Waals surface area contributed by atoms with Crippen molar-refractivity contribution in [3.63, 3.8) is 0 Å². The maximum atomic E-state index is 2.57. The summed E-state index contributed by atoms with van der Waals surface area (Å²) in [4.78, 5) is 5.13. The van der Waals surface area contributed by atoms with Crippen molar-refractivity contribution in [1.29, 1.82) is 0 Å². The van der Waals surface area contributed by atoms with E-state index in [4.69, 9.17) is 0 Å². The summed E-state index contributed by atoms with van der Waals surface area (Å²) < 4.78 is 4.83. The van der Waals surface area contributed by atoms with Crippen LogP contribution in [-0.2, 0) is 5.66 Å². The molecule has 0 radical (unpaired) electrons. The van der Waals surface area contributed by atoms with Crippen LogP contribution in [0.1, 0.15) is 11.1 Å². The van der Waals surface area contributed by atoms with E-state index in [1.165, 1.54) is 43.6 Å². The van der Waals surface area contributed by atoms with Crippen LogP contribution in [0.4, 0.5) is 22.7 Å². The van der Waals surface area contributed by atoms with Gasteiger partial charge in [-0.2, -0.15) is 0 Å². The van der Waals surface area contributed by atoms with Gasteiger partial charge >= 0.3 is 0 Å². The van der Waals surface area contributed by atoms with Crippen molar-refractivity contribution in [1.82, 2.24) is 9.13 Å². The molecule has 59 heavy (non-hydrogen) atoms. The largest absolute Gasteiger partial charge is 0.309 e. The summed E-state index contributed by atoms with van der Waals surface area (Å²) in [5.41, 5.74) is 12.9. The minimum atomic E-state index is -0.828. The first-order chi connectivity index (χ1) is 29.3. The Morgan fingerprint density at radius 2 is 0.559 bits per heavy atom. The minimum Gasteiger partial charge on any atom is -0.309 e. The second-order valence-electron chi connectivity index (χ2n) is 15.3. The third kappa shape index (κ3) is 4.84. The van der Waals surface area contributed by atoms with Gasteiger partial charge in [0.25, 0.3) is 0 Å². The van der Waals surface area contributed by atoms with Crippen LogP contribution >= 0.6 is 0 Å². The van der Waals surface area contributed by atoms with Crippen molar-refractivity contribution in [3.05, 3.63) is 242 Å². The van der Waals surface area contributed by atoms with E-state index in [0.717, 1.165) is 45.3 Å². The van der Waals surface area contributed by atoms with Gasteiger partial charge in [0, 0.05) is 55.4 Å². The molecule has 0 atom stereocenters. The fourth-order valence-corrected chi connectivity index (χ4v) is 9.91. The molecule has 0 spiro atoms. The first kappa shape index (κ1) is 33.3. The summed E-state index contributed by atoms with van der Waals surface area (Å²) in [5, 5.41) is 4.99. The zero-order valence-corrected chi connectivity index (χ0v) is 32.2. The molecule has 9 aromatic carbocycles. The minimum absolute atomic E-state index is 0.828. The highest BCUT2D eigenvalue weighted by Crippen LogP contribution is 2.59. The standard InChI is InChI=1S/C55H38N4/c1-3-19-39(20-4-1)55(40-21-5-2-6-22-40)58(43-25-17-23-41(37-43)56-49-31-11-7-27-45(49)46-28-8-12-32-50(46)56)53-35-15-16-36-54(53)59(55)44-26-18-24-42(38-44)57-51-33-13-9-29-47(51)48-30-10-14-34-52(48)57/h1-38H. The van der Waals surface area contributed by atoms with Gasteiger partial charge in [-0.1, -0.05) is 158 Å². The molecule has 1 aliphatic heterocycles. The Kier molecular flexibility index (Phi) is 7.41. The molecule has 278 valence electrons. The Labute approximate surface area is 342 Å². The van der Waals surface area contributed by atoms with E-state index in [0.29, 0.717) is 0 Å². The molecule has 12 rings (SSSR count). The quantitative estimate of drug-likeness (QED) is 0.168. The number of fused-ring (bicyclic) bond motifs is 7. The zero-order valence-electron chi connectivity index (χ0n) is 32.2. The van der Waals surface area contributed by atoms with Crippen molar-refractivity contribution in [2.75, 3.05) is 9.80 Å². The molecule has 4 nitrogen and oxygen atoms in total. The third-order valence-electron chi connectivity index (χ3n) is 12.2. The Morgan fingerprint density at radius 1 is 0.254 bits per heavy atom. The van der Waals surface area contributed by atoms with Gasteiger partial charge in [-0.3, -0.25) is 0 Å². The first-order valence-corrected chi connectivity index (χ1v) is 20.3. The fourth-order valence-electron chi connectivity index (χ4n) is 9.91. The number of nitrogens with zero attached hydrogens (tertiary/aromatic N) is 4. The van der Waals surface area contributed by atoms with E-state index in [2.05, 4.69) is 249 Å². The van der Waals surface area contributed by atoms with E-state index in [9.17, 15) is 0 Å². The number of hydrogen-bond acceptors (Lipinski definition) is 2. The summed E-state index contributed by atoms with van der Waals surface area (Å²) in [6.45, 7) is 0. The Bertz CT molecular complexity index is 3030. The van der Waals surface area contributed by atoms with Crippen LogP contribution < -0.4 is 9.80 Å². The Hall–Kier alpha value is -7.82. The van der Waals surface area contributed by atoms with Crippen LogP contribution in [0, 0.1) is 0 Å². The number of anilines is 4. The fraction of sp³-hybridized carbons (Fsp3) is 0.0182. The number of benzene rings is 9. The van der Waals surface area contributed by atoms with Gasteiger partial charge in [0.05, 0.1) is 33.4 Å². The van der Waals surface area contributed by atoms with Crippen molar-refractivity contribution in [2.45, 2.75) is 5.66 Å². The topological polar surface area (TPSA) is 16.3 Å². The van der Waals surface area contributed by atoms with Crippen molar-refractivity contribution >= 4 is 66.4 Å². The van der Waals surface area contributed by atoms with Gasteiger partial charge in [-0.05, 0) is 72.8 Å². The Balaban J connectivity index is 1.14. The normalized spacial score (nSPS) is 13.5. The average Bonchev–Trinajstić information content (AvgIpc) is 3.94. The highest BCUT2D eigenvalue weighted by Gasteiger charge is 2.53. The lowest BCUT2D eigenvalue weighted by Crippen LogP contribution is -2.51. The molecule has 0 saturated heterocycles. The van der Waals surface area contributed by atoms with Gasteiger partial charge in [0.1, 0.15) is 0 Å². The molecule has 0 aliphatic carbocycles. The van der Waals surface area contributed by atoms with Crippen LogP contribution in [-0.4, -0.2) is 9.13 Å². The number of hydrogen-bond donors (Lipinski definition) is 0. The molecule has 0 bridgehead atoms. The zero-order chi connectivity index (χ0) is 38.9. The van der Waals surface area contributed by atoms with Crippen molar-refractivity contribution in [3.8, 4) is 11.4 Å². The average molecular weight is 755 g/mol. The van der Waals surface area contributed by atoms with Gasteiger partial charge < -0.3 is 18.9 Å². The maximum absolute atomic E-state index is 2.57. The smallest absolute Gasteiger partial charge is 0.175 e. The van der Waals surface area contributed by atoms with Gasteiger partial charge in [-0.25, -0.2) is 0 Å². The van der Waals surface area contributed by atoms with E-state index in [1.807, 2.05) is 0 Å². The lowest BCUT2D eigenvalue weighted by molar-refractivity contribution is 0.559.